The summed E-state index contributed by atoms with van der Waals surface area (Å²) in [7, 11) is 0. The van der Waals surface area contributed by atoms with Crippen LogP contribution < -0.4 is 10.6 Å². The largest absolute Gasteiger partial charge is 0.394 e. The van der Waals surface area contributed by atoms with Crippen molar-refractivity contribution in [3.63, 3.8) is 0 Å². The first kappa shape index (κ1) is 15.1. The van der Waals surface area contributed by atoms with Crippen molar-refractivity contribution in [1.82, 2.24) is 24.5 Å². The topological polar surface area (TPSA) is 110 Å². The lowest BCUT2D eigenvalue weighted by Crippen LogP contribution is -2.16. The van der Waals surface area contributed by atoms with Crippen LogP contribution in [0.15, 0.2) is 18.7 Å². The summed E-state index contributed by atoms with van der Waals surface area (Å²) in [6.45, 7) is 4.02. The first-order chi connectivity index (χ1) is 10.3. The highest BCUT2D eigenvalue weighted by Gasteiger charge is 2.07. The van der Waals surface area contributed by atoms with E-state index in [2.05, 4.69) is 30.6 Å². The highest BCUT2D eigenvalue weighted by atomic mass is 16.5. The molecule has 0 saturated heterocycles. The van der Waals surface area contributed by atoms with Gasteiger partial charge in [-0.3, -0.25) is 4.57 Å². The summed E-state index contributed by atoms with van der Waals surface area (Å²) >= 11 is 0. The fourth-order valence-electron chi connectivity index (χ4n) is 1.58. The normalized spacial score (nSPS) is 10.6. The Balaban J connectivity index is 2.05. The Morgan fingerprint density at radius 2 is 2.00 bits per heavy atom. The van der Waals surface area contributed by atoms with Crippen LogP contribution in [-0.4, -0.2) is 62.5 Å². The van der Waals surface area contributed by atoms with Crippen molar-refractivity contribution in [2.75, 3.05) is 43.5 Å². The number of nitrogens with zero attached hydrogens (tertiary/aromatic N) is 5. The zero-order chi connectivity index (χ0) is 14.9. The van der Waals surface area contributed by atoms with E-state index in [1.807, 2.05) is 6.92 Å². The van der Waals surface area contributed by atoms with Crippen molar-refractivity contribution < 1.29 is 9.84 Å². The van der Waals surface area contributed by atoms with Crippen LogP contribution in [0.5, 0.6) is 0 Å². The number of imidazole rings is 1. The van der Waals surface area contributed by atoms with Crippen molar-refractivity contribution in [3.8, 4) is 5.95 Å². The number of aliphatic hydroxyl groups is 1. The standard InChI is InChI=1S/C12H19N7O2/c1-2-14-10-16-11(15-4-7-21-8-6-20)18-12(17-10)19-5-3-13-9-19/h3,5,9,20H,2,4,6-8H2,1H3,(H2,14,15,16,17,18). The van der Waals surface area contributed by atoms with Crippen LogP contribution in [0, 0.1) is 0 Å². The first-order valence-electron chi connectivity index (χ1n) is 6.74. The number of anilines is 2. The first-order valence-corrected chi connectivity index (χ1v) is 6.74. The predicted octanol–water partition coefficient (Wildman–Crippen LogP) is -0.0901. The Kier molecular flexibility index (Phi) is 5.85. The summed E-state index contributed by atoms with van der Waals surface area (Å²) in [6.07, 6.45) is 5.05. The van der Waals surface area contributed by atoms with Gasteiger partial charge in [-0.25, -0.2) is 4.98 Å². The van der Waals surface area contributed by atoms with Crippen molar-refractivity contribution in [2.24, 2.45) is 0 Å². The number of hydrogen-bond donors (Lipinski definition) is 3. The predicted molar refractivity (Wildman–Crippen MR) is 77.5 cm³/mol. The number of aromatic nitrogens is 5. The van der Waals surface area contributed by atoms with E-state index < -0.39 is 0 Å². The fourth-order valence-corrected chi connectivity index (χ4v) is 1.58. The van der Waals surface area contributed by atoms with Gasteiger partial charge in [-0.1, -0.05) is 0 Å². The van der Waals surface area contributed by atoms with E-state index in [0.717, 1.165) is 0 Å². The van der Waals surface area contributed by atoms with E-state index in [1.165, 1.54) is 0 Å². The van der Waals surface area contributed by atoms with Crippen LogP contribution in [0.2, 0.25) is 0 Å². The molecule has 0 bridgehead atoms. The SMILES string of the molecule is CCNc1nc(NCCOCCO)nc(-n2ccnc2)n1. The monoisotopic (exact) mass is 293 g/mol. The molecule has 0 atom stereocenters. The van der Waals surface area contributed by atoms with Crippen LogP contribution in [-0.2, 0) is 4.74 Å². The van der Waals surface area contributed by atoms with E-state index in [-0.39, 0.29) is 6.61 Å². The van der Waals surface area contributed by atoms with Crippen LogP contribution in [0.25, 0.3) is 5.95 Å². The molecule has 0 fully saturated rings. The van der Waals surface area contributed by atoms with Gasteiger partial charge in [0.05, 0.1) is 19.8 Å². The lowest BCUT2D eigenvalue weighted by molar-refractivity contribution is 0.0991. The summed E-state index contributed by atoms with van der Waals surface area (Å²) in [5.74, 6) is 1.43. The minimum absolute atomic E-state index is 0.0150. The number of rotatable bonds is 9. The molecule has 2 aromatic rings. The second-order valence-electron chi connectivity index (χ2n) is 4.05. The summed E-state index contributed by atoms with van der Waals surface area (Å²) < 4.78 is 6.87. The van der Waals surface area contributed by atoms with Gasteiger partial charge >= 0.3 is 0 Å². The Labute approximate surface area is 122 Å². The number of hydrogen-bond acceptors (Lipinski definition) is 8. The van der Waals surface area contributed by atoms with Crippen molar-refractivity contribution in [1.29, 1.82) is 0 Å². The maximum atomic E-state index is 8.62. The van der Waals surface area contributed by atoms with Gasteiger partial charge in [-0.05, 0) is 6.92 Å². The average molecular weight is 293 g/mol. The molecule has 9 heteroatoms. The maximum absolute atomic E-state index is 8.62. The third-order valence-electron chi connectivity index (χ3n) is 2.46. The Hall–Kier alpha value is -2.26. The number of nitrogens with one attached hydrogen (secondary N) is 2. The Morgan fingerprint density at radius 3 is 2.67 bits per heavy atom. The van der Waals surface area contributed by atoms with Crippen LogP contribution in [0.1, 0.15) is 6.92 Å². The fraction of sp³-hybridized carbons (Fsp3) is 0.500. The average Bonchev–Trinajstić information content (AvgIpc) is 3.01. The maximum Gasteiger partial charge on any atom is 0.241 e. The molecular weight excluding hydrogens is 274 g/mol. The summed E-state index contributed by atoms with van der Waals surface area (Å²) in [5.41, 5.74) is 0. The molecule has 0 spiro atoms. The summed E-state index contributed by atoms with van der Waals surface area (Å²) in [5, 5.41) is 14.7. The molecule has 9 nitrogen and oxygen atoms in total. The van der Waals surface area contributed by atoms with E-state index >= 15 is 0 Å². The van der Waals surface area contributed by atoms with E-state index in [9.17, 15) is 0 Å². The molecule has 0 aliphatic rings. The molecular formula is C12H19N7O2. The molecule has 0 radical (unpaired) electrons. The van der Waals surface area contributed by atoms with Gasteiger partial charge in [0, 0.05) is 25.5 Å². The van der Waals surface area contributed by atoms with Crippen molar-refractivity contribution in [3.05, 3.63) is 18.7 Å². The molecule has 2 aromatic heterocycles. The van der Waals surface area contributed by atoms with E-state index in [4.69, 9.17) is 9.84 Å². The van der Waals surface area contributed by atoms with Crippen LogP contribution >= 0.6 is 0 Å². The quantitative estimate of drug-likeness (QED) is 0.550. The molecule has 0 aliphatic carbocycles. The lowest BCUT2D eigenvalue weighted by atomic mass is 10.6. The van der Waals surface area contributed by atoms with Crippen molar-refractivity contribution in [2.45, 2.75) is 6.92 Å². The van der Waals surface area contributed by atoms with Gasteiger partial charge in [-0.15, -0.1) is 0 Å². The second-order valence-corrected chi connectivity index (χ2v) is 4.05. The molecule has 0 aliphatic heterocycles. The molecule has 0 saturated carbocycles. The Bertz CT molecular complexity index is 532. The van der Waals surface area contributed by atoms with E-state index in [0.29, 0.717) is 44.1 Å². The zero-order valence-corrected chi connectivity index (χ0v) is 11.9. The number of aliphatic hydroxyl groups excluding tert-OH is 1. The van der Waals surface area contributed by atoms with E-state index in [1.54, 1.807) is 23.3 Å². The summed E-state index contributed by atoms with van der Waals surface area (Å²) in [4.78, 5) is 16.9. The zero-order valence-electron chi connectivity index (χ0n) is 11.9. The summed E-state index contributed by atoms with van der Waals surface area (Å²) in [6, 6.07) is 0. The molecule has 0 unspecified atom stereocenters. The molecule has 114 valence electrons. The molecule has 0 aromatic carbocycles. The smallest absolute Gasteiger partial charge is 0.241 e. The van der Waals surface area contributed by atoms with Gasteiger partial charge in [0.1, 0.15) is 6.33 Å². The third-order valence-corrected chi connectivity index (χ3v) is 2.46. The van der Waals surface area contributed by atoms with Gasteiger partial charge in [0.2, 0.25) is 17.8 Å². The highest BCUT2D eigenvalue weighted by molar-refractivity contribution is 5.37. The molecule has 21 heavy (non-hydrogen) atoms. The molecule has 0 amide bonds. The second kappa shape index (κ2) is 8.12. The number of ether oxygens (including phenoxy) is 1. The lowest BCUT2D eigenvalue weighted by Gasteiger charge is -2.09. The van der Waals surface area contributed by atoms with Gasteiger partial charge in [0.15, 0.2) is 0 Å². The molecule has 2 rings (SSSR count). The van der Waals surface area contributed by atoms with Crippen LogP contribution in [0.3, 0.4) is 0 Å². The van der Waals surface area contributed by atoms with Crippen molar-refractivity contribution >= 4 is 11.9 Å². The van der Waals surface area contributed by atoms with Crippen LogP contribution in [0.4, 0.5) is 11.9 Å². The van der Waals surface area contributed by atoms with Gasteiger partial charge in [-0.2, -0.15) is 15.0 Å². The molecule has 3 N–H and O–H groups in total. The van der Waals surface area contributed by atoms with Gasteiger partial charge in [0.25, 0.3) is 0 Å². The minimum atomic E-state index is 0.0150. The molecule has 2 heterocycles. The van der Waals surface area contributed by atoms with Gasteiger partial charge < -0.3 is 20.5 Å². The minimum Gasteiger partial charge on any atom is -0.394 e. The Morgan fingerprint density at radius 1 is 1.19 bits per heavy atom. The highest BCUT2D eigenvalue weighted by Crippen LogP contribution is 2.08. The third kappa shape index (κ3) is 4.65.